The average molecular weight is 298 g/mol. The van der Waals surface area contributed by atoms with Gasteiger partial charge in [0.15, 0.2) is 0 Å². The van der Waals surface area contributed by atoms with Crippen molar-refractivity contribution in [3.8, 4) is 0 Å². The molecular weight excluding hydrogens is 270 g/mol. The van der Waals surface area contributed by atoms with Crippen LogP contribution in [0.1, 0.15) is 55.4 Å². The Kier molecular flexibility index (Phi) is 7.33. The lowest BCUT2D eigenvalue weighted by Crippen LogP contribution is -2.30. The first-order valence-electron chi connectivity index (χ1n) is 7.78. The highest BCUT2D eigenvalue weighted by Crippen LogP contribution is 2.24. The largest absolute Gasteiger partial charge is 0.299 e. The van der Waals surface area contributed by atoms with Crippen LogP contribution >= 0.6 is 24.0 Å². The third-order valence-corrected chi connectivity index (χ3v) is 5.36. The van der Waals surface area contributed by atoms with Crippen molar-refractivity contribution < 1.29 is 0 Å². The molecule has 1 aliphatic rings. The van der Waals surface area contributed by atoms with Gasteiger partial charge in [0.25, 0.3) is 0 Å². The maximum absolute atomic E-state index is 4.25. The Balaban J connectivity index is 1.48. The van der Waals surface area contributed by atoms with Gasteiger partial charge in [-0.15, -0.1) is 11.3 Å². The second-order valence-corrected chi connectivity index (χ2v) is 7.04. The molecule has 0 unspecified atom stereocenters. The summed E-state index contributed by atoms with van der Waals surface area (Å²) in [6, 6.07) is 2.31. The molecule has 1 aliphatic heterocycles. The SMILES string of the molecule is SCCCCCCCCCN1CCc2sccc2C1. The van der Waals surface area contributed by atoms with E-state index in [0.717, 1.165) is 5.75 Å². The van der Waals surface area contributed by atoms with Gasteiger partial charge in [-0.25, -0.2) is 0 Å². The molecule has 0 fully saturated rings. The van der Waals surface area contributed by atoms with Crippen LogP contribution in [0, 0.1) is 0 Å². The van der Waals surface area contributed by atoms with E-state index in [1.165, 1.54) is 71.0 Å². The van der Waals surface area contributed by atoms with E-state index in [1.54, 1.807) is 10.4 Å². The molecule has 0 atom stereocenters. The molecule has 108 valence electrons. The molecule has 1 nitrogen and oxygen atoms in total. The Labute approximate surface area is 127 Å². The van der Waals surface area contributed by atoms with E-state index in [2.05, 4.69) is 29.0 Å². The van der Waals surface area contributed by atoms with Crippen LogP contribution in [0.15, 0.2) is 11.4 Å². The lowest BCUT2D eigenvalue weighted by molar-refractivity contribution is 0.249. The van der Waals surface area contributed by atoms with Crippen molar-refractivity contribution in [3.05, 3.63) is 21.9 Å². The van der Waals surface area contributed by atoms with E-state index in [0.29, 0.717) is 0 Å². The van der Waals surface area contributed by atoms with Crippen LogP contribution in [0.2, 0.25) is 0 Å². The first-order chi connectivity index (χ1) is 9.40. The van der Waals surface area contributed by atoms with Crippen molar-refractivity contribution in [3.63, 3.8) is 0 Å². The molecule has 0 saturated heterocycles. The zero-order chi connectivity index (χ0) is 13.3. The van der Waals surface area contributed by atoms with E-state index in [9.17, 15) is 0 Å². The lowest BCUT2D eigenvalue weighted by atomic mass is 10.1. The molecule has 0 N–H and O–H groups in total. The predicted molar refractivity (Wildman–Crippen MR) is 89.5 cm³/mol. The first-order valence-corrected chi connectivity index (χ1v) is 9.30. The van der Waals surface area contributed by atoms with Crippen LogP contribution in [-0.2, 0) is 13.0 Å². The van der Waals surface area contributed by atoms with E-state index in [1.807, 2.05) is 11.3 Å². The maximum Gasteiger partial charge on any atom is 0.0244 e. The molecule has 1 aromatic heterocycles. The number of unbranched alkanes of at least 4 members (excludes halogenated alkanes) is 6. The Morgan fingerprint density at radius 2 is 1.79 bits per heavy atom. The number of thiophene rings is 1. The van der Waals surface area contributed by atoms with Crippen LogP contribution in [0.4, 0.5) is 0 Å². The quantitative estimate of drug-likeness (QED) is 0.508. The fourth-order valence-corrected chi connectivity index (χ4v) is 3.94. The Morgan fingerprint density at radius 3 is 2.58 bits per heavy atom. The number of rotatable bonds is 9. The van der Waals surface area contributed by atoms with E-state index in [4.69, 9.17) is 0 Å². The average Bonchev–Trinajstić information content (AvgIpc) is 2.89. The minimum atomic E-state index is 1.06. The van der Waals surface area contributed by atoms with Gasteiger partial charge in [-0.2, -0.15) is 12.6 Å². The number of nitrogens with zero attached hydrogens (tertiary/aromatic N) is 1. The monoisotopic (exact) mass is 297 g/mol. The van der Waals surface area contributed by atoms with E-state index >= 15 is 0 Å². The Hall–Kier alpha value is 0.0100. The summed E-state index contributed by atoms with van der Waals surface area (Å²) in [5, 5.41) is 2.25. The van der Waals surface area contributed by atoms with Crippen LogP contribution in [0.3, 0.4) is 0 Å². The summed E-state index contributed by atoms with van der Waals surface area (Å²) in [5.74, 6) is 1.06. The van der Waals surface area contributed by atoms with Crippen molar-refractivity contribution in [1.29, 1.82) is 0 Å². The Bertz CT molecular complexity index is 348. The molecule has 0 saturated carbocycles. The third kappa shape index (κ3) is 5.49. The van der Waals surface area contributed by atoms with Crippen molar-refractivity contribution in [1.82, 2.24) is 4.90 Å². The molecule has 0 radical (unpaired) electrons. The summed E-state index contributed by atoms with van der Waals surface area (Å²) in [6.45, 7) is 3.77. The highest BCUT2D eigenvalue weighted by atomic mass is 32.1. The fraction of sp³-hybridized carbons (Fsp3) is 0.750. The van der Waals surface area contributed by atoms with Crippen molar-refractivity contribution in [2.45, 2.75) is 57.9 Å². The second-order valence-electron chi connectivity index (χ2n) is 5.59. The molecule has 0 aromatic carbocycles. The molecular formula is C16H27NS2. The van der Waals surface area contributed by atoms with E-state index in [-0.39, 0.29) is 0 Å². The lowest BCUT2D eigenvalue weighted by Gasteiger charge is -2.26. The number of thiol groups is 1. The molecule has 3 heteroatoms. The highest BCUT2D eigenvalue weighted by molar-refractivity contribution is 7.80. The van der Waals surface area contributed by atoms with Crippen LogP contribution < -0.4 is 0 Å². The molecule has 0 aliphatic carbocycles. The second kappa shape index (κ2) is 9.04. The summed E-state index contributed by atoms with van der Waals surface area (Å²) < 4.78 is 0. The molecule has 2 rings (SSSR count). The normalized spacial score (nSPS) is 15.6. The fourth-order valence-electron chi connectivity index (χ4n) is 2.83. The standard InChI is InChI=1S/C16H27NS2/c18-12-7-5-3-1-2-4-6-10-17-11-8-16-15(14-17)9-13-19-16/h9,13,18H,1-8,10-12,14H2. The summed E-state index contributed by atoms with van der Waals surface area (Å²) in [5.41, 5.74) is 1.59. The zero-order valence-corrected chi connectivity index (χ0v) is 13.7. The van der Waals surface area contributed by atoms with Gasteiger partial charge in [-0.1, -0.05) is 32.1 Å². The van der Waals surface area contributed by atoms with Crippen molar-refractivity contribution in [2.24, 2.45) is 0 Å². The molecule has 1 aromatic rings. The minimum Gasteiger partial charge on any atom is -0.299 e. The van der Waals surface area contributed by atoms with Crippen LogP contribution in [0.5, 0.6) is 0 Å². The van der Waals surface area contributed by atoms with Gasteiger partial charge >= 0.3 is 0 Å². The number of fused-ring (bicyclic) bond motifs is 1. The van der Waals surface area contributed by atoms with Crippen LogP contribution in [-0.4, -0.2) is 23.7 Å². The van der Waals surface area contributed by atoms with Gasteiger partial charge < -0.3 is 0 Å². The third-order valence-electron chi connectivity index (χ3n) is 4.02. The van der Waals surface area contributed by atoms with Gasteiger partial charge in [0.05, 0.1) is 0 Å². The predicted octanol–water partition coefficient (Wildman–Crippen LogP) is 4.77. The minimum absolute atomic E-state index is 1.06. The van der Waals surface area contributed by atoms with Gasteiger partial charge in [-0.05, 0) is 48.6 Å². The molecule has 19 heavy (non-hydrogen) atoms. The van der Waals surface area contributed by atoms with Crippen molar-refractivity contribution in [2.75, 3.05) is 18.8 Å². The number of hydrogen-bond acceptors (Lipinski definition) is 3. The molecule has 0 amide bonds. The smallest absolute Gasteiger partial charge is 0.0244 e. The summed E-state index contributed by atoms with van der Waals surface area (Å²) in [7, 11) is 0. The molecule has 2 heterocycles. The summed E-state index contributed by atoms with van der Waals surface area (Å²) in [6.07, 6.45) is 11.0. The molecule has 0 spiro atoms. The highest BCUT2D eigenvalue weighted by Gasteiger charge is 2.16. The van der Waals surface area contributed by atoms with Crippen molar-refractivity contribution >= 4 is 24.0 Å². The zero-order valence-electron chi connectivity index (χ0n) is 11.9. The van der Waals surface area contributed by atoms with Gasteiger partial charge in [0.2, 0.25) is 0 Å². The Morgan fingerprint density at radius 1 is 1.05 bits per heavy atom. The first kappa shape index (κ1) is 15.4. The summed E-state index contributed by atoms with van der Waals surface area (Å²) >= 11 is 6.18. The van der Waals surface area contributed by atoms with Crippen LogP contribution in [0.25, 0.3) is 0 Å². The van der Waals surface area contributed by atoms with Gasteiger partial charge in [0.1, 0.15) is 0 Å². The summed E-state index contributed by atoms with van der Waals surface area (Å²) in [4.78, 5) is 4.26. The number of hydrogen-bond donors (Lipinski definition) is 1. The maximum atomic E-state index is 4.25. The van der Waals surface area contributed by atoms with E-state index < -0.39 is 0 Å². The molecule has 0 bridgehead atoms. The van der Waals surface area contributed by atoms with Gasteiger partial charge in [0, 0.05) is 18.0 Å². The van der Waals surface area contributed by atoms with Gasteiger partial charge in [-0.3, -0.25) is 4.90 Å². The topological polar surface area (TPSA) is 3.24 Å².